The maximum absolute atomic E-state index is 13.1. The summed E-state index contributed by atoms with van der Waals surface area (Å²) in [5, 5.41) is 2.79. The van der Waals surface area contributed by atoms with Gasteiger partial charge in [0.05, 0.1) is 36.0 Å². The molecule has 0 spiro atoms. The Kier molecular flexibility index (Phi) is 7.10. The van der Waals surface area contributed by atoms with Gasteiger partial charge in [-0.2, -0.15) is 13.2 Å². The van der Waals surface area contributed by atoms with Crippen LogP contribution in [-0.2, 0) is 17.5 Å². The van der Waals surface area contributed by atoms with E-state index >= 15 is 0 Å². The average Bonchev–Trinajstić information content (AvgIpc) is 2.93. The number of nitrogens with one attached hydrogen (secondary N) is 1. The maximum atomic E-state index is 13.1. The van der Waals surface area contributed by atoms with Crippen LogP contribution < -0.4 is 14.8 Å². The molecule has 162 valence electrons. The highest BCUT2D eigenvalue weighted by Crippen LogP contribution is 2.38. The van der Waals surface area contributed by atoms with Crippen molar-refractivity contribution in [2.45, 2.75) is 26.1 Å². The van der Waals surface area contributed by atoms with Crippen LogP contribution in [0.25, 0.3) is 0 Å². The molecule has 1 amide bonds. The fourth-order valence-electron chi connectivity index (χ4n) is 3.15. The van der Waals surface area contributed by atoms with Crippen LogP contribution in [0.15, 0.2) is 36.4 Å². The predicted molar refractivity (Wildman–Crippen MR) is 108 cm³/mol. The van der Waals surface area contributed by atoms with Crippen LogP contribution in [-0.4, -0.2) is 37.1 Å². The maximum Gasteiger partial charge on any atom is 0.418 e. The number of fused-ring (bicyclic) bond motifs is 1. The van der Waals surface area contributed by atoms with Gasteiger partial charge in [-0.3, -0.25) is 9.69 Å². The number of para-hydroxylation sites is 1. The fraction of sp³-hybridized carbons (Fsp3) is 0.381. The first-order chi connectivity index (χ1) is 14.3. The van der Waals surface area contributed by atoms with Crippen molar-refractivity contribution in [3.05, 3.63) is 52.5 Å². The van der Waals surface area contributed by atoms with Crippen molar-refractivity contribution in [2.24, 2.45) is 0 Å². The molecule has 3 rings (SSSR count). The molecule has 5 nitrogen and oxygen atoms in total. The Morgan fingerprint density at radius 3 is 2.67 bits per heavy atom. The van der Waals surface area contributed by atoms with Gasteiger partial charge < -0.3 is 14.8 Å². The highest BCUT2D eigenvalue weighted by molar-refractivity contribution is 6.32. The molecule has 30 heavy (non-hydrogen) atoms. The number of anilines is 1. The topological polar surface area (TPSA) is 50.8 Å². The van der Waals surface area contributed by atoms with E-state index in [1.54, 1.807) is 11.0 Å². The first-order valence-electron chi connectivity index (χ1n) is 9.54. The molecule has 0 bridgehead atoms. The van der Waals surface area contributed by atoms with Gasteiger partial charge in [-0.05, 0) is 36.4 Å². The molecule has 1 N–H and O–H groups in total. The van der Waals surface area contributed by atoms with Gasteiger partial charge in [-0.1, -0.05) is 30.7 Å². The van der Waals surface area contributed by atoms with Gasteiger partial charge >= 0.3 is 6.18 Å². The Labute approximate surface area is 177 Å². The van der Waals surface area contributed by atoms with E-state index in [9.17, 15) is 18.0 Å². The lowest BCUT2D eigenvalue weighted by Gasteiger charge is -2.21. The average molecular weight is 443 g/mol. The lowest BCUT2D eigenvalue weighted by atomic mass is 10.1. The summed E-state index contributed by atoms with van der Waals surface area (Å²) in [4.78, 5) is 14.2. The van der Waals surface area contributed by atoms with Crippen LogP contribution in [0.3, 0.4) is 0 Å². The number of amides is 1. The van der Waals surface area contributed by atoms with Crippen molar-refractivity contribution in [1.29, 1.82) is 0 Å². The summed E-state index contributed by atoms with van der Waals surface area (Å²) in [6.45, 7) is 3.72. The van der Waals surface area contributed by atoms with Crippen LogP contribution in [0.4, 0.5) is 18.9 Å². The minimum absolute atomic E-state index is 0.0747. The van der Waals surface area contributed by atoms with E-state index in [4.69, 9.17) is 21.1 Å². The molecule has 0 aromatic heterocycles. The molecule has 0 aliphatic carbocycles. The van der Waals surface area contributed by atoms with E-state index in [1.807, 2.05) is 13.0 Å². The summed E-state index contributed by atoms with van der Waals surface area (Å²) < 4.78 is 50.7. The van der Waals surface area contributed by atoms with Crippen molar-refractivity contribution in [2.75, 3.05) is 31.6 Å². The van der Waals surface area contributed by atoms with Crippen molar-refractivity contribution in [1.82, 2.24) is 4.90 Å². The lowest BCUT2D eigenvalue weighted by molar-refractivity contribution is -0.137. The number of hydrogen-bond donors (Lipinski definition) is 1. The zero-order valence-corrected chi connectivity index (χ0v) is 17.1. The van der Waals surface area contributed by atoms with E-state index < -0.39 is 17.6 Å². The Morgan fingerprint density at radius 1 is 1.20 bits per heavy atom. The van der Waals surface area contributed by atoms with Crippen LogP contribution >= 0.6 is 11.6 Å². The number of benzene rings is 2. The van der Waals surface area contributed by atoms with E-state index in [0.717, 1.165) is 18.1 Å². The van der Waals surface area contributed by atoms with Crippen LogP contribution in [0.1, 0.15) is 24.5 Å². The fourth-order valence-corrected chi connectivity index (χ4v) is 3.43. The summed E-state index contributed by atoms with van der Waals surface area (Å²) in [5.41, 5.74) is -0.324. The molecule has 1 aliphatic heterocycles. The standard InChI is InChI=1S/C21H22ClF3N2O3/c1-2-27(12-14-10-16(22)20-18(11-14)29-8-5-9-30-20)13-19(28)26-17-7-4-3-6-15(17)21(23,24)25/h3-4,6-7,10-11H,2,5,8-9,12-13H2,1H3,(H,26,28). The Hall–Kier alpha value is -2.45. The number of carbonyl (C=O) groups is 1. The van der Waals surface area contributed by atoms with Gasteiger partial charge in [0.15, 0.2) is 11.5 Å². The second-order valence-electron chi connectivity index (χ2n) is 6.85. The zero-order chi connectivity index (χ0) is 21.7. The highest BCUT2D eigenvalue weighted by atomic mass is 35.5. The van der Waals surface area contributed by atoms with E-state index in [-0.39, 0.29) is 12.2 Å². The number of hydrogen-bond acceptors (Lipinski definition) is 4. The molecule has 2 aromatic carbocycles. The summed E-state index contributed by atoms with van der Waals surface area (Å²) in [6, 6.07) is 8.46. The summed E-state index contributed by atoms with van der Waals surface area (Å²) in [5.74, 6) is 0.520. The normalized spacial score (nSPS) is 13.8. The summed E-state index contributed by atoms with van der Waals surface area (Å²) in [7, 11) is 0. The molecule has 1 aliphatic rings. The molecular weight excluding hydrogens is 421 g/mol. The molecule has 0 saturated carbocycles. The number of rotatable bonds is 6. The second kappa shape index (κ2) is 9.57. The third-order valence-electron chi connectivity index (χ3n) is 4.59. The number of ether oxygens (including phenoxy) is 2. The van der Waals surface area contributed by atoms with E-state index in [1.165, 1.54) is 18.2 Å². The molecular formula is C21H22ClF3N2O3. The minimum Gasteiger partial charge on any atom is -0.489 e. The minimum atomic E-state index is -4.55. The Balaban J connectivity index is 1.69. The van der Waals surface area contributed by atoms with Crippen LogP contribution in [0, 0.1) is 0 Å². The van der Waals surface area contributed by atoms with Gasteiger partial charge in [-0.25, -0.2) is 0 Å². The number of carbonyl (C=O) groups excluding carboxylic acids is 1. The molecule has 0 fully saturated rings. The van der Waals surface area contributed by atoms with E-state index in [2.05, 4.69) is 5.32 Å². The molecule has 0 unspecified atom stereocenters. The number of alkyl halides is 3. The van der Waals surface area contributed by atoms with Crippen molar-refractivity contribution in [3.63, 3.8) is 0 Å². The van der Waals surface area contributed by atoms with E-state index in [0.29, 0.717) is 42.8 Å². The molecule has 0 radical (unpaired) electrons. The van der Waals surface area contributed by atoms with Crippen molar-refractivity contribution >= 4 is 23.2 Å². The Morgan fingerprint density at radius 2 is 1.93 bits per heavy atom. The van der Waals surface area contributed by atoms with Crippen molar-refractivity contribution in [3.8, 4) is 11.5 Å². The van der Waals surface area contributed by atoms with Gasteiger partial charge in [0.2, 0.25) is 5.91 Å². The number of halogens is 4. The summed E-state index contributed by atoms with van der Waals surface area (Å²) >= 11 is 6.31. The third kappa shape index (κ3) is 5.58. The first-order valence-corrected chi connectivity index (χ1v) is 9.92. The second-order valence-corrected chi connectivity index (χ2v) is 7.26. The third-order valence-corrected chi connectivity index (χ3v) is 4.87. The van der Waals surface area contributed by atoms with Crippen molar-refractivity contribution < 1.29 is 27.4 Å². The molecule has 1 heterocycles. The van der Waals surface area contributed by atoms with Gasteiger partial charge in [-0.15, -0.1) is 0 Å². The van der Waals surface area contributed by atoms with Gasteiger partial charge in [0.1, 0.15) is 0 Å². The number of likely N-dealkylation sites (N-methyl/N-ethyl adjacent to an activating group) is 1. The quantitative estimate of drug-likeness (QED) is 0.685. The number of nitrogens with zero attached hydrogens (tertiary/aromatic N) is 1. The highest BCUT2D eigenvalue weighted by Gasteiger charge is 2.33. The summed E-state index contributed by atoms with van der Waals surface area (Å²) in [6.07, 6.45) is -3.80. The monoisotopic (exact) mass is 442 g/mol. The lowest BCUT2D eigenvalue weighted by Crippen LogP contribution is -2.33. The predicted octanol–water partition coefficient (Wildman–Crippen LogP) is 4.98. The molecule has 2 aromatic rings. The SMILES string of the molecule is CCN(CC(=O)Nc1ccccc1C(F)(F)F)Cc1cc(Cl)c2c(c1)OCCCO2. The molecule has 0 atom stereocenters. The first kappa shape index (κ1) is 22.2. The largest absolute Gasteiger partial charge is 0.489 e. The smallest absolute Gasteiger partial charge is 0.418 e. The molecule has 9 heteroatoms. The van der Waals surface area contributed by atoms with Gasteiger partial charge in [0.25, 0.3) is 0 Å². The zero-order valence-electron chi connectivity index (χ0n) is 16.4. The van der Waals surface area contributed by atoms with Crippen LogP contribution in [0.5, 0.6) is 11.5 Å². The molecule has 0 saturated heterocycles. The Bertz CT molecular complexity index is 906. The van der Waals surface area contributed by atoms with Crippen LogP contribution in [0.2, 0.25) is 5.02 Å². The van der Waals surface area contributed by atoms with Gasteiger partial charge in [0, 0.05) is 13.0 Å².